The molecule has 3 aromatic carbocycles. The minimum absolute atomic E-state index is 0.00593. The number of benzene rings is 3. The third-order valence-corrected chi connectivity index (χ3v) is 7.21. The van der Waals surface area contributed by atoms with Crippen molar-refractivity contribution >= 4 is 23.5 Å². The highest BCUT2D eigenvalue weighted by Gasteiger charge is 2.52. The molecule has 2 aliphatic rings. The van der Waals surface area contributed by atoms with Crippen molar-refractivity contribution in [1.82, 2.24) is 4.90 Å². The van der Waals surface area contributed by atoms with E-state index in [1.807, 2.05) is 53.4 Å². The second-order valence-electron chi connectivity index (χ2n) is 8.93. The second-order valence-corrected chi connectivity index (χ2v) is 9.37. The van der Waals surface area contributed by atoms with E-state index in [1.54, 1.807) is 25.3 Å². The van der Waals surface area contributed by atoms with Crippen molar-refractivity contribution in [3.63, 3.8) is 0 Å². The lowest BCUT2D eigenvalue weighted by atomic mass is 9.72. The van der Waals surface area contributed by atoms with Crippen molar-refractivity contribution in [2.24, 2.45) is 0 Å². The van der Waals surface area contributed by atoms with Gasteiger partial charge in [-0.3, -0.25) is 9.59 Å². The summed E-state index contributed by atoms with van der Waals surface area (Å²) in [6.45, 7) is 1.27. The van der Waals surface area contributed by atoms with Crippen molar-refractivity contribution in [2.45, 2.75) is 30.6 Å². The van der Waals surface area contributed by atoms with E-state index in [-0.39, 0.29) is 18.2 Å². The van der Waals surface area contributed by atoms with Gasteiger partial charge in [-0.25, -0.2) is 0 Å². The number of esters is 1. The minimum Gasteiger partial charge on any atom is -0.497 e. The number of hydrogen-bond acceptors (Lipinski definition) is 4. The van der Waals surface area contributed by atoms with Gasteiger partial charge in [0.1, 0.15) is 16.9 Å². The fraction of sp³-hybridized carbons (Fsp3) is 0.286. The maximum absolute atomic E-state index is 13.7. The number of carbonyl (C=O) groups is 2. The monoisotopic (exact) mass is 475 g/mol. The molecule has 5 nitrogen and oxygen atoms in total. The van der Waals surface area contributed by atoms with Crippen molar-refractivity contribution in [2.75, 3.05) is 20.2 Å². The van der Waals surface area contributed by atoms with Crippen molar-refractivity contribution in [1.29, 1.82) is 0 Å². The first kappa shape index (κ1) is 22.5. The molecule has 0 aromatic heterocycles. The Hall–Kier alpha value is -3.31. The van der Waals surface area contributed by atoms with Gasteiger partial charge in [0.25, 0.3) is 0 Å². The molecule has 1 amide bonds. The minimum atomic E-state index is -1.22. The molecule has 0 spiro atoms. The number of amides is 1. The molecule has 174 valence electrons. The second kappa shape index (κ2) is 9.15. The molecule has 1 saturated heterocycles. The Morgan fingerprint density at radius 2 is 1.94 bits per heavy atom. The SMILES string of the molecule is COc1cccc(C2CCCN(C(=O)CC3(c4ccccc4)C(=O)Oc4ccc(Cl)cc43)C2)c1. The maximum Gasteiger partial charge on any atom is 0.327 e. The van der Waals surface area contributed by atoms with Crippen LogP contribution in [0.2, 0.25) is 5.02 Å². The van der Waals surface area contributed by atoms with Crippen LogP contribution >= 0.6 is 11.6 Å². The molecule has 6 heteroatoms. The van der Waals surface area contributed by atoms with E-state index in [9.17, 15) is 9.59 Å². The highest BCUT2D eigenvalue weighted by molar-refractivity contribution is 6.30. The van der Waals surface area contributed by atoms with Crippen LogP contribution in [0.3, 0.4) is 0 Å². The van der Waals surface area contributed by atoms with Crippen LogP contribution in [-0.2, 0) is 15.0 Å². The Kier molecular flexibility index (Phi) is 6.05. The molecule has 34 heavy (non-hydrogen) atoms. The summed E-state index contributed by atoms with van der Waals surface area (Å²) in [5, 5.41) is 0.501. The summed E-state index contributed by atoms with van der Waals surface area (Å²) >= 11 is 6.31. The highest BCUT2D eigenvalue weighted by atomic mass is 35.5. The number of halogens is 1. The third kappa shape index (κ3) is 3.94. The molecule has 0 N–H and O–H groups in total. The highest BCUT2D eigenvalue weighted by Crippen LogP contribution is 2.48. The van der Waals surface area contributed by atoms with Crippen LogP contribution in [0.4, 0.5) is 0 Å². The van der Waals surface area contributed by atoms with E-state index < -0.39 is 11.4 Å². The molecule has 2 unspecified atom stereocenters. The zero-order valence-corrected chi connectivity index (χ0v) is 19.8. The average Bonchev–Trinajstić information content (AvgIpc) is 3.15. The van der Waals surface area contributed by atoms with Crippen molar-refractivity contribution in [3.8, 4) is 11.5 Å². The standard InChI is InChI=1S/C28H26ClNO4/c1-33-23-11-5-7-19(15-23)20-8-6-14-30(18-20)26(31)17-28(21-9-3-2-4-10-21)24-16-22(29)12-13-25(24)34-27(28)32/h2-5,7,9-13,15-16,20H,6,8,14,17-18H2,1H3. The van der Waals surface area contributed by atoms with Crippen LogP contribution in [0.25, 0.3) is 0 Å². The summed E-state index contributed by atoms with van der Waals surface area (Å²) in [4.78, 5) is 29.0. The number of hydrogen-bond donors (Lipinski definition) is 0. The van der Waals surface area contributed by atoms with Gasteiger partial charge in [-0.15, -0.1) is 0 Å². The number of carbonyl (C=O) groups excluding carboxylic acids is 2. The van der Waals surface area contributed by atoms with Gasteiger partial charge in [0.15, 0.2) is 0 Å². The zero-order chi connectivity index (χ0) is 23.7. The Labute approximate surface area is 204 Å². The molecule has 2 aliphatic heterocycles. The Balaban J connectivity index is 1.47. The first-order valence-electron chi connectivity index (χ1n) is 11.5. The fourth-order valence-corrected chi connectivity index (χ4v) is 5.37. The van der Waals surface area contributed by atoms with Crippen molar-refractivity contribution in [3.05, 3.63) is 94.5 Å². The predicted octanol–water partition coefficient (Wildman–Crippen LogP) is 5.35. The Bertz CT molecular complexity index is 1230. The van der Waals surface area contributed by atoms with Gasteiger partial charge in [-0.05, 0) is 54.3 Å². The molecule has 2 atom stereocenters. The summed E-state index contributed by atoms with van der Waals surface area (Å²) in [6, 6.07) is 22.6. The van der Waals surface area contributed by atoms with Crippen LogP contribution in [0.5, 0.6) is 11.5 Å². The number of nitrogens with zero attached hydrogens (tertiary/aromatic N) is 1. The molecular weight excluding hydrogens is 450 g/mol. The third-order valence-electron chi connectivity index (χ3n) is 6.97. The summed E-state index contributed by atoms with van der Waals surface area (Å²) in [6.07, 6.45) is 1.90. The van der Waals surface area contributed by atoms with Gasteiger partial charge in [0.05, 0.1) is 13.5 Å². The van der Waals surface area contributed by atoms with Crippen LogP contribution in [0.15, 0.2) is 72.8 Å². The first-order chi connectivity index (χ1) is 16.5. The van der Waals surface area contributed by atoms with E-state index >= 15 is 0 Å². The molecule has 5 rings (SSSR count). The van der Waals surface area contributed by atoms with Crippen LogP contribution in [0, 0.1) is 0 Å². The lowest BCUT2D eigenvalue weighted by Gasteiger charge is -2.35. The van der Waals surface area contributed by atoms with Gasteiger partial charge in [0.2, 0.25) is 5.91 Å². The van der Waals surface area contributed by atoms with E-state index in [1.165, 1.54) is 0 Å². The number of piperidine rings is 1. The molecule has 0 aliphatic carbocycles. The predicted molar refractivity (Wildman–Crippen MR) is 130 cm³/mol. The number of likely N-dealkylation sites (tertiary alicyclic amines) is 1. The molecule has 0 saturated carbocycles. The first-order valence-corrected chi connectivity index (χ1v) is 11.9. The summed E-state index contributed by atoms with van der Waals surface area (Å²) in [7, 11) is 1.66. The summed E-state index contributed by atoms with van der Waals surface area (Å²) in [5.74, 6) is 0.981. The van der Waals surface area contributed by atoms with Gasteiger partial charge in [-0.1, -0.05) is 54.1 Å². The number of ether oxygens (including phenoxy) is 2. The van der Waals surface area contributed by atoms with E-state index in [0.29, 0.717) is 29.4 Å². The number of rotatable bonds is 5. The molecule has 0 radical (unpaired) electrons. The fourth-order valence-electron chi connectivity index (χ4n) is 5.20. The summed E-state index contributed by atoms with van der Waals surface area (Å²) < 4.78 is 11.0. The normalized spacial score (nSPS) is 21.6. The van der Waals surface area contributed by atoms with Crippen LogP contribution in [-0.4, -0.2) is 37.0 Å². The summed E-state index contributed by atoms with van der Waals surface area (Å²) in [5.41, 5.74) is 1.32. The van der Waals surface area contributed by atoms with Crippen molar-refractivity contribution < 1.29 is 19.1 Å². The van der Waals surface area contributed by atoms with Crippen LogP contribution in [0.1, 0.15) is 41.9 Å². The number of methoxy groups -OCH3 is 1. The average molecular weight is 476 g/mol. The number of fused-ring (bicyclic) bond motifs is 1. The topological polar surface area (TPSA) is 55.8 Å². The maximum atomic E-state index is 13.7. The molecule has 3 aromatic rings. The molecule has 1 fully saturated rings. The van der Waals surface area contributed by atoms with E-state index in [2.05, 4.69) is 6.07 Å². The van der Waals surface area contributed by atoms with Gasteiger partial charge < -0.3 is 14.4 Å². The largest absolute Gasteiger partial charge is 0.497 e. The Morgan fingerprint density at radius 1 is 1.12 bits per heavy atom. The quantitative estimate of drug-likeness (QED) is 0.368. The van der Waals surface area contributed by atoms with E-state index in [0.717, 1.165) is 29.7 Å². The van der Waals surface area contributed by atoms with Gasteiger partial charge in [0, 0.05) is 29.6 Å². The van der Waals surface area contributed by atoms with E-state index in [4.69, 9.17) is 21.1 Å². The molecular formula is C28H26ClNO4. The lowest BCUT2D eigenvalue weighted by molar-refractivity contribution is -0.142. The lowest BCUT2D eigenvalue weighted by Crippen LogP contribution is -2.45. The molecule has 2 heterocycles. The van der Waals surface area contributed by atoms with Gasteiger partial charge in [-0.2, -0.15) is 0 Å². The van der Waals surface area contributed by atoms with Gasteiger partial charge >= 0.3 is 5.97 Å². The smallest absolute Gasteiger partial charge is 0.327 e. The molecule has 0 bridgehead atoms. The Morgan fingerprint density at radius 3 is 2.74 bits per heavy atom. The zero-order valence-electron chi connectivity index (χ0n) is 19.0. The van der Waals surface area contributed by atoms with Crippen LogP contribution < -0.4 is 9.47 Å².